The molecule has 3 rings (SSSR count). The fourth-order valence-electron chi connectivity index (χ4n) is 3.18. The van der Waals surface area contributed by atoms with Crippen LogP contribution in [0.3, 0.4) is 0 Å². The van der Waals surface area contributed by atoms with Crippen molar-refractivity contribution in [2.75, 3.05) is 13.1 Å². The third-order valence-electron chi connectivity index (χ3n) is 4.18. The SMILES string of the molecule is CC(=O)c1c(C)nn2c(C3CCCN(C(=O)O)C3)ccnc12. The number of carbonyl (C=O) groups excluding carboxylic acids is 1. The lowest BCUT2D eigenvalue weighted by Gasteiger charge is -2.30. The van der Waals surface area contributed by atoms with Crippen LogP contribution in [0.1, 0.15) is 47.4 Å². The van der Waals surface area contributed by atoms with Gasteiger partial charge in [0.05, 0.1) is 17.0 Å². The van der Waals surface area contributed by atoms with E-state index < -0.39 is 6.09 Å². The zero-order chi connectivity index (χ0) is 15.9. The first-order valence-electron chi connectivity index (χ1n) is 7.32. The minimum Gasteiger partial charge on any atom is -0.465 e. The van der Waals surface area contributed by atoms with Gasteiger partial charge in [0.15, 0.2) is 11.4 Å². The molecule has 2 aromatic heterocycles. The highest BCUT2D eigenvalue weighted by molar-refractivity contribution is 6.00. The van der Waals surface area contributed by atoms with Gasteiger partial charge in [-0.25, -0.2) is 14.3 Å². The molecular weight excluding hydrogens is 284 g/mol. The van der Waals surface area contributed by atoms with Crippen LogP contribution in [-0.4, -0.2) is 49.6 Å². The van der Waals surface area contributed by atoms with Gasteiger partial charge < -0.3 is 10.0 Å². The number of rotatable bonds is 2. The number of carbonyl (C=O) groups is 2. The van der Waals surface area contributed by atoms with Crippen LogP contribution in [-0.2, 0) is 0 Å². The van der Waals surface area contributed by atoms with Crippen molar-refractivity contribution in [2.24, 2.45) is 0 Å². The quantitative estimate of drug-likeness (QED) is 0.858. The van der Waals surface area contributed by atoms with Crippen molar-refractivity contribution >= 4 is 17.5 Å². The van der Waals surface area contributed by atoms with E-state index in [4.69, 9.17) is 0 Å². The van der Waals surface area contributed by atoms with Crippen LogP contribution in [0.4, 0.5) is 4.79 Å². The summed E-state index contributed by atoms with van der Waals surface area (Å²) >= 11 is 0. The Hall–Kier alpha value is -2.44. The highest BCUT2D eigenvalue weighted by atomic mass is 16.4. The summed E-state index contributed by atoms with van der Waals surface area (Å²) in [5.74, 6) is 0.00224. The number of piperidine rings is 1. The van der Waals surface area contributed by atoms with Gasteiger partial charge in [-0.15, -0.1) is 0 Å². The average molecular weight is 302 g/mol. The van der Waals surface area contributed by atoms with E-state index in [9.17, 15) is 14.7 Å². The molecule has 116 valence electrons. The van der Waals surface area contributed by atoms with Crippen molar-refractivity contribution in [3.63, 3.8) is 0 Å². The van der Waals surface area contributed by atoms with E-state index in [0.717, 1.165) is 18.5 Å². The normalized spacial score (nSPS) is 18.6. The molecule has 1 atom stereocenters. The standard InChI is InChI=1S/C15H18N4O3/c1-9-13(10(2)20)14-16-6-5-12(19(14)17-9)11-4-3-7-18(8-11)15(21)22/h5-6,11H,3-4,7-8H2,1-2H3,(H,21,22). The van der Waals surface area contributed by atoms with Gasteiger partial charge in [0, 0.05) is 25.2 Å². The molecule has 0 spiro atoms. The van der Waals surface area contributed by atoms with E-state index in [1.807, 2.05) is 6.07 Å². The smallest absolute Gasteiger partial charge is 0.407 e. The molecule has 7 nitrogen and oxygen atoms in total. The van der Waals surface area contributed by atoms with E-state index >= 15 is 0 Å². The van der Waals surface area contributed by atoms with Gasteiger partial charge in [0.25, 0.3) is 0 Å². The molecule has 1 aliphatic heterocycles. The van der Waals surface area contributed by atoms with Crippen LogP contribution >= 0.6 is 0 Å². The number of aryl methyl sites for hydroxylation is 1. The second kappa shape index (κ2) is 5.40. The Labute approximate surface area is 127 Å². The molecule has 0 bridgehead atoms. The van der Waals surface area contributed by atoms with Gasteiger partial charge in [-0.3, -0.25) is 4.79 Å². The molecule has 7 heteroatoms. The summed E-state index contributed by atoms with van der Waals surface area (Å²) in [6.07, 6.45) is 2.49. The topological polar surface area (TPSA) is 87.8 Å². The summed E-state index contributed by atoms with van der Waals surface area (Å²) in [5, 5.41) is 13.6. The van der Waals surface area contributed by atoms with Crippen LogP contribution in [0.25, 0.3) is 5.65 Å². The van der Waals surface area contributed by atoms with E-state index in [1.165, 1.54) is 11.8 Å². The number of aromatic nitrogens is 3. The van der Waals surface area contributed by atoms with Gasteiger partial charge in [0.2, 0.25) is 0 Å². The zero-order valence-electron chi connectivity index (χ0n) is 12.6. The predicted molar refractivity (Wildman–Crippen MR) is 79.3 cm³/mol. The number of hydrogen-bond donors (Lipinski definition) is 1. The molecule has 0 aliphatic carbocycles. The Morgan fingerprint density at radius 1 is 1.41 bits per heavy atom. The fraction of sp³-hybridized carbons (Fsp3) is 0.467. The highest BCUT2D eigenvalue weighted by Crippen LogP contribution is 2.28. The zero-order valence-corrected chi connectivity index (χ0v) is 12.6. The van der Waals surface area contributed by atoms with Crippen molar-refractivity contribution in [1.82, 2.24) is 19.5 Å². The maximum absolute atomic E-state index is 11.8. The molecule has 1 aliphatic rings. The molecule has 0 saturated carbocycles. The summed E-state index contributed by atoms with van der Waals surface area (Å²) in [6, 6.07) is 1.86. The maximum Gasteiger partial charge on any atom is 0.407 e. The molecule has 0 radical (unpaired) electrons. The van der Waals surface area contributed by atoms with E-state index in [-0.39, 0.29) is 11.7 Å². The van der Waals surface area contributed by atoms with Gasteiger partial charge in [-0.1, -0.05) is 0 Å². The number of carboxylic acid groups (broad SMARTS) is 1. The summed E-state index contributed by atoms with van der Waals surface area (Å²) in [4.78, 5) is 28.7. The molecule has 1 saturated heterocycles. The monoisotopic (exact) mass is 302 g/mol. The first-order chi connectivity index (χ1) is 10.5. The lowest BCUT2D eigenvalue weighted by molar-refractivity contribution is 0.101. The molecule has 1 amide bonds. The highest BCUT2D eigenvalue weighted by Gasteiger charge is 2.27. The van der Waals surface area contributed by atoms with Crippen molar-refractivity contribution in [3.8, 4) is 0 Å². The van der Waals surface area contributed by atoms with Crippen molar-refractivity contribution in [2.45, 2.75) is 32.6 Å². The molecule has 2 aromatic rings. The number of Topliss-reactive ketones (excluding diaryl/α,β-unsaturated/α-hetero) is 1. The van der Waals surface area contributed by atoms with Crippen LogP contribution in [0, 0.1) is 6.92 Å². The largest absolute Gasteiger partial charge is 0.465 e. The van der Waals surface area contributed by atoms with Crippen LogP contribution < -0.4 is 0 Å². The Bertz CT molecular complexity index is 753. The number of hydrogen-bond acceptors (Lipinski definition) is 4. The Balaban J connectivity index is 2.06. The average Bonchev–Trinajstić information content (AvgIpc) is 2.83. The van der Waals surface area contributed by atoms with Gasteiger partial charge in [-0.05, 0) is 32.8 Å². The number of ketones is 1. The van der Waals surface area contributed by atoms with Gasteiger partial charge >= 0.3 is 6.09 Å². The first kappa shape index (κ1) is 14.5. The second-order valence-electron chi connectivity index (χ2n) is 5.69. The maximum atomic E-state index is 11.8. The van der Waals surface area contributed by atoms with E-state index in [2.05, 4.69) is 10.1 Å². The van der Waals surface area contributed by atoms with E-state index in [0.29, 0.717) is 30.0 Å². The number of amides is 1. The molecular formula is C15H18N4O3. The summed E-state index contributed by atoms with van der Waals surface area (Å²) in [7, 11) is 0. The van der Waals surface area contributed by atoms with Gasteiger partial charge in [0.1, 0.15) is 0 Å². The van der Waals surface area contributed by atoms with Crippen LogP contribution in [0.15, 0.2) is 12.3 Å². The third-order valence-corrected chi connectivity index (χ3v) is 4.18. The van der Waals surface area contributed by atoms with E-state index in [1.54, 1.807) is 17.6 Å². The Morgan fingerprint density at radius 2 is 2.18 bits per heavy atom. The summed E-state index contributed by atoms with van der Waals surface area (Å²) < 4.78 is 1.70. The molecule has 0 aromatic carbocycles. The number of fused-ring (bicyclic) bond motifs is 1. The summed E-state index contributed by atoms with van der Waals surface area (Å²) in [5.41, 5.74) is 2.65. The second-order valence-corrected chi connectivity index (χ2v) is 5.69. The van der Waals surface area contributed by atoms with Crippen molar-refractivity contribution < 1.29 is 14.7 Å². The lowest BCUT2D eigenvalue weighted by atomic mass is 9.94. The minimum absolute atomic E-state index is 0.0621. The molecule has 1 fully saturated rings. The third kappa shape index (κ3) is 2.32. The van der Waals surface area contributed by atoms with Gasteiger partial charge in [-0.2, -0.15) is 5.10 Å². The minimum atomic E-state index is -0.893. The Kier molecular flexibility index (Phi) is 3.56. The molecule has 1 unspecified atom stereocenters. The Morgan fingerprint density at radius 3 is 2.86 bits per heavy atom. The lowest BCUT2D eigenvalue weighted by Crippen LogP contribution is -2.38. The van der Waals surface area contributed by atoms with Crippen molar-refractivity contribution in [3.05, 3.63) is 29.2 Å². The first-order valence-corrected chi connectivity index (χ1v) is 7.32. The fourth-order valence-corrected chi connectivity index (χ4v) is 3.18. The molecule has 1 N–H and O–H groups in total. The number of likely N-dealkylation sites (tertiary alicyclic amines) is 1. The van der Waals surface area contributed by atoms with Crippen molar-refractivity contribution in [1.29, 1.82) is 0 Å². The summed E-state index contributed by atoms with van der Waals surface area (Å²) in [6.45, 7) is 4.31. The van der Waals surface area contributed by atoms with Crippen LogP contribution in [0.2, 0.25) is 0 Å². The molecule has 22 heavy (non-hydrogen) atoms. The number of nitrogens with zero attached hydrogens (tertiary/aromatic N) is 4. The van der Waals surface area contributed by atoms with Crippen LogP contribution in [0.5, 0.6) is 0 Å². The molecule has 3 heterocycles. The predicted octanol–water partition coefficient (Wildman–Crippen LogP) is 2.10.